The number of aromatic amines is 1. The fraction of sp³-hybridized carbons (Fsp3) is 0.308. The number of hydrogen-bond donors (Lipinski definition) is 3. The Bertz CT molecular complexity index is 631. The van der Waals surface area contributed by atoms with Crippen LogP contribution in [0.1, 0.15) is 18.7 Å². The van der Waals surface area contributed by atoms with Gasteiger partial charge in [0.05, 0.1) is 10.7 Å². The number of anilines is 2. The highest BCUT2D eigenvalue weighted by molar-refractivity contribution is 7.99. The van der Waals surface area contributed by atoms with E-state index in [4.69, 9.17) is 17.3 Å². The number of amides is 1. The molecule has 0 saturated carbocycles. The van der Waals surface area contributed by atoms with Gasteiger partial charge in [0.15, 0.2) is 0 Å². The number of carbonyl (C=O) groups excluding carboxylic acids is 1. The van der Waals surface area contributed by atoms with Crippen molar-refractivity contribution in [1.29, 1.82) is 0 Å². The first kappa shape index (κ1) is 15.7. The smallest absolute Gasteiger partial charge is 0.224 e. The third-order valence-electron chi connectivity index (χ3n) is 2.64. The van der Waals surface area contributed by atoms with Crippen LogP contribution in [-0.2, 0) is 4.79 Å². The number of aryl methyl sites for hydroxylation is 1. The van der Waals surface area contributed by atoms with Crippen molar-refractivity contribution in [2.45, 2.75) is 24.9 Å². The highest BCUT2D eigenvalue weighted by Gasteiger charge is 2.05. The molecular weight excluding hydrogens is 310 g/mol. The molecule has 0 aliphatic carbocycles. The summed E-state index contributed by atoms with van der Waals surface area (Å²) < 4.78 is 0. The van der Waals surface area contributed by atoms with Crippen molar-refractivity contribution in [2.75, 3.05) is 16.8 Å². The Morgan fingerprint density at radius 2 is 2.33 bits per heavy atom. The van der Waals surface area contributed by atoms with Crippen molar-refractivity contribution in [3.8, 4) is 0 Å². The van der Waals surface area contributed by atoms with Crippen molar-refractivity contribution in [2.24, 2.45) is 0 Å². The number of halogens is 1. The molecule has 1 aromatic carbocycles. The normalized spacial score (nSPS) is 10.6. The van der Waals surface area contributed by atoms with Gasteiger partial charge in [0.2, 0.25) is 11.1 Å². The molecule has 1 heterocycles. The molecule has 0 aliphatic heterocycles. The fourth-order valence-electron chi connectivity index (χ4n) is 1.63. The molecule has 0 spiro atoms. The van der Waals surface area contributed by atoms with Gasteiger partial charge in [0.1, 0.15) is 5.82 Å². The SMILES string of the molecule is Cc1nc(SCCCC(=O)Nc2ccc(Cl)c(N)c2)n[nH]1. The minimum absolute atomic E-state index is 0.0523. The largest absolute Gasteiger partial charge is 0.397 e. The molecule has 4 N–H and O–H groups in total. The van der Waals surface area contributed by atoms with Crippen molar-refractivity contribution in [3.63, 3.8) is 0 Å². The summed E-state index contributed by atoms with van der Waals surface area (Å²) in [5.41, 5.74) is 6.78. The Balaban J connectivity index is 1.71. The number of hydrogen-bond acceptors (Lipinski definition) is 5. The summed E-state index contributed by atoms with van der Waals surface area (Å²) in [5, 5.41) is 10.8. The molecule has 0 unspecified atom stereocenters. The molecule has 0 saturated heterocycles. The van der Waals surface area contributed by atoms with Gasteiger partial charge in [0, 0.05) is 17.9 Å². The molecule has 0 bridgehead atoms. The summed E-state index contributed by atoms with van der Waals surface area (Å²) in [5.74, 6) is 1.52. The predicted molar refractivity (Wildman–Crippen MR) is 85.6 cm³/mol. The summed E-state index contributed by atoms with van der Waals surface area (Å²) in [7, 11) is 0. The molecule has 112 valence electrons. The monoisotopic (exact) mass is 325 g/mol. The van der Waals surface area contributed by atoms with E-state index < -0.39 is 0 Å². The zero-order valence-corrected chi connectivity index (χ0v) is 13.1. The van der Waals surface area contributed by atoms with Gasteiger partial charge in [-0.1, -0.05) is 23.4 Å². The van der Waals surface area contributed by atoms with Crippen LogP contribution in [-0.4, -0.2) is 26.8 Å². The van der Waals surface area contributed by atoms with Crippen LogP contribution in [0.4, 0.5) is 11.4 Å². The quantitative estimate of drug-likeness (QED) is 0.431. The molecule has 0 aliphatic rings. The van der Waals surface area contributed by atoms with E-state index in [0.29, 0.717) is 28.0 Å². The maximum Gasteiger partial charge on any atom is 0.224 e. The second-order valence-corrected chi connectivity index (χ2v) is 5.91. The second kappa shape index (κ2) is 7.33. The molecule has 1 amide bonds. The molecule has 0 atom stereocenters. The zero-order chi connectivity index (χ0) is 15.2. The third-order valence-corrected chi connectivity index (χ3v) is 3.91. The van der Waals surface area contributed by atoms with Gasteiger partial charge in [-0.2, -0.15) is 0 Å². The minimum atomic E-state index is -0.0523. The Labute approximate surface area is 131 Å². The van der Waals surface area contributed by atoms with Crippen LogP contribution >= 0.6 is 23.4 Å². The molecule has 0 fully saturated rings. The molecule has 6 nitrogen and oxygen atoms in total. The number of rotatable bonds is 6. The first-order valence-corrected chi connectivity index (χ1v) is 7.77. The average molecular weight is 326 g/mol. The van der Waals surface area contributed by atoms with Gasteiger partial charge in [-0.05, 0) is 31.5 Å². The van der Waals surface area contributed by atoms with Crippen molar-refractivity contribution in [1.82, 2.24) is 15.2 Å². The topological polar surface area (TPSA) is 96.7 Å². The van der Waals surface area contributed by atoms with Crippen LogP contribution in [0.15, 0.2) is 23.4 Å². The summed E-state index contributed by atoms with van der Waals surface area (Å²) in [6.45, 7) is 1.85. The molecule has 8 heteroatoms. The Morgan fingerprint density at radius 1 is 1.52 bits per heavy atom. The van der Waals surface area contributed by atoms with Crippen molar-refractivity contribution in [3.05, 3.63) is 29.0 Å². The van der Waals surface area contributed by atoms with E-state index in [-0.39, 0.29) is 5.91 Å². The van der Waals surface area contributed by atoms with Crippen LogP contribution in [0.2, 0.25) is 5.02 Å². The van der Waals surface area contributed by atoms with Gasteiger partial charge >= 0.3 is 0 Å². The Morgan fingerprint density at radius 3 is 3.00 bits per heavy atom. The van der Waals surface area contributed by atoms with Crippen LogP contribution in [0.3, 0.4) is 0 Å². The van der Waals surface area contributed by atoms with Gasteiger partial charge in [-0.15, -0.1) is 5.10 Å². The van der Waals surface area contributed by atoms with E-state index in [1.807, 2.05) is 6.92 Å². The standard InChI is InChI=1S/C13H16ClN5OS/c1-8-16-13(19-18-8)21-6-2-3-12(20)17-9-4-5-10(14)11(15)7-9/h4-5,7H,2-3,6,15H2,1H3,(H,17,20)(H,16,18,19). The van der Waals surface area contributed by atoms with Gasteiger partial charge in [0.25, 0.3) is 0 Å². The summed E-state index contributed by atoms with van der Waals surface area (Å²) in [6.07, 6.45) is 1.17. The average Bonchev–Trinajstić information content (AvgIpc) is 2.85. The van der Waals surface area contributed by atoms with E-state index in [1.165, 1.54) is 11.8 Å². The number of nitrogen functional groups attached to an aromatic ring is 1. The molecule has 0 radical (unpaired) electrons. The number of carbonyl (C=O) groups is 1. The van der Waals surface area contributed by atoms with Crippen molar-refractivity contribution >= 4 is 40.6 Å². The summed E-state index contributed by atoms with van der Waals surface area (Å²) in [6, 6.07) is 5.03. The maximum atomic E-state index is 11.8. The summed E-state index contributed by atoms with van der Waals surface area (Å²) in [4.78, 5) is 16.0. The van der Waals surface area contributed by atoms with Crippen molar-refractivity contribution < 1.29 is 4.79 Å². The number of aromatic nitrogens is 3. The first-order valence-electron chi connectivity index (χ1n) is 6.41. The Hall–Kier alpha value is -1.73. The van der Waals surface area contributed by atoms with Gasteiger partial charge < -0.3 is 11.1 Å². The lowest BCUT2D eigenvalue weighted by Gasteiger charge is -2.06. The van der Waals surface area contributed by atoms with E-state index in [1.54, 1.807) is 18.2 Å². The number of nitrogens with two attached hydrogens (primary N) is 1. The number of thioether (sulfide) groups is 1. The van der Waals surface area contributed by atoms with E-state index in [9.17, 15) is 4.79 Å². The molecule has 2 rings (SSSR count). The van der Waals surface area contributed by atoms with Crippen LogP contribution < -0.4 is 11.1 Å². The molecular formula is C13H16ClN5OS. The number of nitrogens with zero attached hydrogens (tertiary/aromatic N) is 2. The van der Waals surface area contributed by atoms with Crippen LogP contribution in [0.25, 0.3) is 0 Å². The van der Waals surface area contributed by atoms with Crippen LogP contribution in [0, 0.1) is 6.92 Å². The lowest BCUT2D eigenvalue weighted by molar-refractivity contribution is -0.116. The summed E-state index contributed by atoms with van der Waals surface area (Å²) >= 11 is 7.35. The molecule has 21 heavy (non-hydrogen) atoms. The highest BCUT2D eigenvalue weighted by Crippen LogP contribution is 2.22. The predicted octanol–water partition coefficient (Wildman–Crippen LogP) is 2.86. The van der Waals surface area contributed by atoms with E-state index in [2.05, 4.69) is 20.5 Å². The zero-order valence-electron chi connectivity index (χ0n) is 11.5. The number of benzene rings is 1. The first-order chi connectivity index (χ1) is 10.0. The molecule has 2 aromatic rings. The number of nitrogens with one attached hydrogen (secondary N) is 2. The van der Waals surface area contributed by atoms with Gasteiger partial charge in [-0.25, -0.2) is 4.98 Å². The fourth-order valence-corrected chi connectivity index (χ4v) is 2.53. The lowest BCUT2D eigenvalue weighted by Crippen LogP contribution is -2.11. The maximum absolute atomic E-state index is 11.8. The van der Waals surface area contributed by atoms with Crippen LogP contribution in [0.5, 0.6) is 0 Å². The van der Waals surface area contributed by atoms with Gasteiger partial charge in [-0.3, -0.25) is 9.89 Å². The van der Waals surface area contributed by atoms with E-state index >= 15 is 0 Å². The number of H-pyrrole nitrogens is 1. The van der Waals surface area contributed by atoms with E-state index in [0.717, 1.165) is 18.0 Å². The lowest BCUT2D eigenvalue weighted by atomic mass is 10.2. The second-order valence-electron chi connectivity index (χ2n) is 4.44. The minimum Gasteiger partial charge on any atom is -0.397 e. The molecule has 1 aromatic heterocycles. The Kier molecular flexibility index (Phi) is 5.46. The highest BCUT2D eigenvalue weighted by atomic mass is 35.5. The third kappa shape index (κ3) is 4.95.